The first kappa shape index (κ1) is 38.5. The van der Waals surface area contributed by atoms with Gasteiger partial charge in [0.2, 0.25) is 11.6 Å². The molecule has 5 amide bonds. The number of hydrogen-bond donors (Lipinski definition) is 4. The predicted octanol–water partition coefficient (Wildman–Crippen LogP) is 0.541. The van der Waals surface area contributed by atoms with Crippen molar-refractivity contribution in [1.29, 1.82) is 5.41 Å². The van der Waals surface area contributed by atoms with E-state index in [1.54, 1.807) is 60.7 Å². The summed E-state index contributed by atoms with van der Waals surface area (Å²) >= 11 is 0. The van der Waals surface area contributed by atoms with Gasteiger partial charge in [-0.2, -0.15) is 0 Å². The number of anilines is 2. The van der Waals surface area contributed by atoms with Crippen molar-refractivity contribution in [3.63, 3.8) is 0 Å². The third-order valence-corrected chi connectivity index (χ3v) is 6.94. The maximum atomic E-state index is 13.5. The smallest absolute Gasteiger partial charge is 0.870 e. The van der Waals surface area contributed by atoms with Crippen LogP contribution in [-0.2, 0) is 25.7 Å². The van der Waals surface area contributed by atoms with E-state index < -0.39 is 29.1 Å². The Morgan fingerprint density at radius 2 is 1.68 bits per heavy atom. The van der Waals surface area contributed by atoms with Gasteiger partial charge in [0.15, 0.2) is 12.0 Å². The van der Waals surface area contributed by atoms with Gasteiger partial charge in [0.25, 0.3) is 11.8 Å². The number of imide groups is 2. The minimum atomic E-state index is -0.924. The Morgan fingerprint density at radius 3 is 2.40 bits per heavy atom. The van der Waals surface area contributed by atoms with Crippen LogP contribution in [0.4, 0.5) is 16.2 Å². The molecule has 248 valence electrons. The fourth-order valence-electron chi connectivity index (χ4n) is 4.78. The minimum absolute atomic E-state index is 0. The molecule has 14 nitrogen and oxygen atoms in total. The molecule has 5 rings (SSSR count). The van der Waals surface area contributed by atoms with E-state index in [-0.39, 0.29) is 70.1 Å². The van der Waals surface area contributed by atoms with Gasteiger partial charge < -0.3 is 34.7 Å². The third-order valence-electron chi connectivity index (χ3n) is 6.94. The van der Waals surface area contributed by atoms with E-state index in [4.69, 9.17) is 10.1 Å². The Bertz CT molecular complexity index is 2150. The maximum Gasteiger partial charge on any atom is 1.00 e. The number of ether oxygens (including phenoxy) is 1. The second kappa shape index (κ2) is 17.5. The molecule has 0 aliphatic carbocycles. The Morgan fingerprint density at radius 1 is 0.960 bits per heavy atom. The topological polar surface area (TPSA) is 214 Å². The number of carbonyl (C=O) groups excluding carboxylic acids is 4. The van der Waals surface area contributed by atoms with Gasteiger partial charge in [0.1, 0.15) is 12.2 Å². The molecule has 4 aromatic rings. The van der Waals surface area contributed by atoms with Crippen LogP contribution in [0.3, 0.4) is 0 Å². The number of nitrogens with one attached hydrogen (secondary N) is 4. The molecule has 1 fully saturated rings. The normalized spacial score (nSPS) is 13.7. The van der Waals surface area contributed by atoms with Crippen LogP contribution in [0.25, 0.3) is 17.3 Å². The van der Waals surface area contributed by atoms with Crippen LogP contribution in [-0.4, -0.2) is 45.2 Å². The first-order valence-corrected chi connectivity index (χ1v) is 14.4. The summed E-state index contributed by atoms with van der Waals surface area (Å²) in [5.41, 5.74) is 0.761. The fourth-order valence-corrected chi connectivity index (χ4v) is 4.78. The predicted molar refractivity (Wildman–Crippen MR) is 180 cm³/mol. The fraction of sp³-hybridized carbons (Fsp3) is 0.0571. The van der Waals surface area contributed by atoms with E-state index in [0.29, 0.717) is 22.4 Å². The van der Waals surface area contributed by atoms with Crippen LogP contribution in [0.15, 0.2) is 112 Å². The molecule has 1 aliphatic heterocycles. The molecule has 5 N–H and O–H groups in total. The van der Waals surface area contributed by atoms with E-state index in [1.165, 1.54) is 49.4 Å². The van der Waals surface area contributed by atoms with Crippen LogP contribution in [0.5, 0.6) is 0 Å². The maximum absolute atomic E-state index is 13.5. The van der Waals surface area contributed by atoms with Crippen LogP contribution in [0.1, 0.15) is 23.6 Å². The molecule has 2 heterocycles. The van der Waals surface area contributed by atoms with Crippen LogP contribution in [0, 0.1) is 11.6 Å². The number of urea groups is 1. The number of aromatic amines is 1. The standard InChI is InChI=1S/C35H27N6O7.Na.H2O/c1-22(42)38-27-10-6-12-29(18-27)40-32(44)26(19-37-34(40)46)14-13-25(24-8-3-2-4-9-24)15-16-30-31(43)39-35(47)41(33(30)45)28-11-5-7-23(17-28)20-48-21-36;;/h2-18,21,36H,20H2,1H3,(H,37,46)(H,38,42)(H,39,43,47);;1H2/q-1;+1;/p-1. The van der Waals surface area contributed by atoms with Gasteiger partial charge in [-0.25, -0.2) is 9.69 Å². The van der Waals surface area contributed by atoms with Crippen molar-refractivity contribution >= 4 is 53.2 Å². The molecule has 0 bridgehead atoms. The Hall–Kier alpha value is -5.93. The van der Waals surface area contributed by atoms with Crippen molar-refractivity contribution < 1.29 is 58.9 Å². The first-order chi connectivity index (χ1) is 23.2. The number of H-pyrrole nitrogens is 1. The number of allylic oxidation sites excluding steroid dienone is 4. The van der Waals surface area contributed by atoms with Gasteiger partial charge in [-0.15, -0.1) is 6.08 Å². The zero-order valence-corrected chi connectivity index (χ0v) is 28.8. The van der Waals surface area contributed by atoms with E-state index in [9.17, 15) is 28.8 Å². The molecule has 50 heavy (non-hydrogen) atoms. The second-order valence-corrected chi connectivity index (χ2v) is 10.2. The Kier molecular flexibility index (Phi) is 13.5. The average Bonchev–Trinajstić information content (AvgIpc) is 3.06. The summed E-state index contributed by atoms with van der Waals surface area (Å²) in [6.45, 7) is 1.38. The number of benzene rings is 3. The van der Waals surface area contributed by atoms with Crippen molar-refractivity contribution in [1.82, 2.24) is 14.9 Å². The summed E-state index contributed by atoms with van der Waals surface area (Å²) in [5, 5.41) is 11.8. The van der Waals surface area contributed by atoms with Crippen molar-refractivity contribution in [2.24, 2.45) is 0 Å². The van der Waals surface area contributed by atoms with E-state index in [0.717, 1.165) is 15.9 Å². The average molecular weight is 684 g/mol. The van der Waals surface area contributed by atoms with Crippen LogP contribution >= 0.6 is 0 Å². The molecule has 0 atom stereocenters. The van der Waals surface area contributed by atoms with Gasteiger partial charge in [-0.3, -0.25) is 25.1 Å². The molecule has 1 aromatic heterocycles. The summed E-state index contributed by atoms with van der Waals surface area (Å²) in [7, 11) is 0. The van der Waals surface area contributed by atoms with Crippen molar-refractivity contribution in [2.45, 2.75) is 13.5 Å². The van der Waals surface area contributed by atoms with Crippen molar-refractivity contribution in [3.8, 4) is 5.69 Å². The minimum Gasteiger partial charge on any atom is -0.870 e. The molecular formula is C35H28N6NaO8-. The Balaban J connectivity index is 0.00000338. The van der Waals surface area contributed by atoms with Gasteiger partial charge in [-0.1, -0.05) is 72.4 Å². The zero-order chi connectivity index (χ0) is 34.2. The number of hydrogen-bond acceptors (Lipinski definition) is 9. The number of nitrogens with zero attached hydrogens (tertiary/aromatic N) is 2. The van der Waals surface area contributed by atoms with Gasteiger partial charge >= 0.3 is 35.6 Å². The van der Waals surface area contributed by atoms with Crippen LogP contribution < -0.4 is 56.3 Å². The SMILES string of the molecule is CC(=O)Nc1cccc(-n2c(=O)[nH][c-]c(C=CC(=CC=C3C(=O)NC(=O)N(c4cccc(COC=N)c4)C3=O)c3ccccc3)c2=O)c1.[Na+].[OH-]. The molecule has 0 spiro atoms. The van der Waals surface area contributed by atoms with E-state index in [2.05, 4.69) is 21.8 Å². The third kappa shape index (κ3) is 8.94. The number of rotatable bonds is 10. The summed E-state index contributed by atoms with van der Waals surface area (Å²) in [4.78, 5) is 79.9. The van der Waals surface area contributed by atoms with E-state index in [1.807, 2.05) is 0 Å². The molecule has 3 aromatic carbocycles. The van der Waals surface area contributed by atoms with Crippen LogP contribution in [0.2, 0.25) is 0 Å². The Labute approximate surface area is 306 Å². The summed E-state index contributed by atoms with van der Waals surface area (Å²) in [6, 6.07) is 20.6. The molecule has 0 saturated carbocycles. The number of aromatic nitrogens is 2. The largest absolute Gasteiger partial charge is 1.00 e. The van der Waals surface area contributed by atoms with Gasteiger partial charge in [0, 0.05) is 18.3 Å². The molecule has 1 saturated heterocycles. The van der Waals surface area contributed by atoms with E-state index >= 15 is 0 Å². The van der Waals surface area contributed by atoms with Crippen molar-refractivity contribution in [3.05, 3.63) is 146 Å². The number of amides is 5. The second-order valence-electron chi connectivity index (χ2n) is 10.2. The molecule has 0 unspecified atom stereocenters. The van der Waals surface area contributed by atoms with Gasteiger partial charge in [-0.05, 0) is 53.1 Å². The molecule has 15 heteroatoms. The number of carbonyl (C=O) groups is 4. The van der Waals surface area contributed by atoms with Crippen molar-refractivity contribution in [2.75, 3.05) is 10.2 Å². The number of barbiturate groups is 1. The van der Waals surface area contributed by atoms with Gasteiger partial charge in [0.05, 0.1) is 5.69 Å². The molecule has 1 aliphatic rings. The summed E-state index contributed by atoms with van der Waals surface area (Å²) in [5.74, 6) is -2.07. The zero-order valence-electron chi connectivity index (χ0n) is 26.8. The monoisotopic (exact) mass is 683 g/mol. The quantitative estimate of drug-likeness (QED) is 0.0351. The summed E-state index contributed by atoms with van der Waals surface area (Å²) < 4.78 is 5.88. The molecule has 0 radical (unpaired) electrons. The summed E-state index contributed by atoms with van der Waals surface area (Å²) in [6.07, 6.45) is 9.09. The first-order valence-electron chi connectivity index (χ1n) is 14.4. The molecular weight excluding hydrogens is 655 g/mol.